The van der Waals surface area contributed by atoms with Gasteiger partial charge in [-0.15, -0.1) is 0 Å². The third-order valence-corrected chi connectivity index (χ3v) is 3.46. The van der Waals surface area contributed by atoms with Crippen LogP contribution >= 0.6 is 0 Å². The molecule has 4 heteroatoms. The molecule has 0 aliphatic heterocycles. The summed E-state index contributed by atoms with van der Waals surface area (Å²) in [6.45, 7) is 4.79. The van der Waals surface area contributed by atoms with E-state index in [9.17, 15) is 9.59 Å². The van der Waals surface area contributed by atoms with E-state index in [1.807, 2.05) is 0 Å². The van der Waals surface area contributed by atoms with Gasteiger partial charge in [-0.2, -0.15) is 0 Å². The lowest BCUT2D eigenvalue weighted by molar-refractivity contribution is -0.143. The largest absolute Gasteiger partial charge is 0.466 e. The summed E-state index contributed by atoms with van der Waals surface area (Å²) in [6.07, 6.45) is 12.1. The predicted octanol–water partition coefficient (Wildman–Crippen LogP) is 3.98. The Balaban J connectivity index is 3.24. The topological polar surface area (TPSA) is 55.4 Å². The molecule has 124 valence electrons. The molecule has 0 heterocycles. The fraction of sp³-hybridized carbons (Fsp3) is 0.882. The summed E-state index contributed by atoms with van der Waals surface area (Å²) in [5.74, 6) is -0.205. The summed E-state index contributed by atoms with van der Waals surface area (Å²) in [4.78, 5) is 22.6. The minimum Gasteiger partial charge on any atom is -0.466 e. The van der Waals surface area contributed by atoms with E-state index in [4.69, 9.17) is 4.74 Å². The molecule has 0 aromatic rings. The summed E-state index contributed by atoms with van der Waals surface area (Å²) in [5.41, 5.74) is 0. The van der Waals surface area contributed by atoms with E-state index in [1.165, 1.54) is 44.9 Å². The highest BCUT2D eigenvalue weighted by Gasteiger charge is 2.04. The molecule has 0 fully saturated rings. The molecule has 0 saturated heterocycles. The zero-order valence-corrected chi connectivity index (χ0v) is 13.9. The molecule has 0 aliphatic carbocycles. The van der Waals surface area contributed by atoms with Gasteiger partial charge in [0.05, 0.1) is 13.0 Å². The smallest absolute Gasteiger partial charge is 0.307 e. The quantitative estimate of drug-likeness (QED) is 0.390. The molecule has 0 aromatic heterocycles. The van der Waals surface area contributed by atoms with E-state index in [-0.39, 0.29) is 18.3 Å². The van der Waals surface area contributed by atoms with Gasteiger partial charge in [0, 0.05) is 13.0 Å². The maximum Gasteiger partial charge on any atom is 0.307 e. The Morgan fingerprint density at radius 2 is 1.38 bits per heavy atom. The van der Waals surface area contributed by atoms with Crippen molar-refractivity contribution in [2.24, 2.45) is 0 Å². The van der Waals surface area contributed by atoms with Gasteiger partial charge < -0.3 is 10.1 Å². The maximum absolute atomic E-state index is 11.5. The summed E-state index contributed by atoms with van der Waals surface area (Å²) in [6, 6.07) is 0. The third kappa shape index (κ3) is 15.2. The van der Waals surface area contributed by atoms with Crippen LogP contribution in [-0.4, -0.2) is 25.0 Å². The number of rotatable bonds is 14. The van der Waals surface area contributed by atoms with E-state index in [1.54, 1.807) is 6.92 Å². The number of hydrogen-bond acceptors (Lipinski definition) is 3. The molecule has 1 N–H and O–H groups in total. The second-order valence-electron chi connectivity index (χ2n) is 5.48. The van der Waals surface area contributed by atoms with Crippen LogP contribution in [0.5, 0.6) is 0 Å². The van der Waals surface area contributed by atoms with Gasteiger partial charge in [-0.25, -0.2) is 0 Å². The Kier molecular flexibility index (Phi) is 14.6. The first-order valence-electron chi connectivity index (χ1n) is 8.63. The van der Waals surface area contributed by atoms with Crippen molar-refractivity contribution >= 4 is 11.9 Å². The average Bonchev–Trinajstić information content (AvgIpc) is 2.46. The van der Waals surface area contributed by atoms with E-state index >= 15 is 0 Å². The molecule has 0 aliphatic rings. The molecule has 21 heavy (non-hydrogen) atoms. The van der Waals surface area contributed by atoms with Crippen molar-refractivity contribution in [1.82, 2.24) is 5.32 Å². The van der Waals surface area contributed by atoms with Crippen LogP contribution in [0.15, 0.2) is 0 Å². The van der Waals surface area contributed by atoms with Crippen LogP contribution < -0.4 is 5.32 Å². The lowest BCUT2D eigenvalue weighted by Gasteiger charge is -2.05. The monoisotopic (exact) mass is 299 g/mol. The number of nitrogens with one attached hydrogen (secondary N) is 1. The third-order valence-electron chi connectivity index (χ3n) is 3.46. The van der Waals surface area contributed by atoms with Crippen molar-refractivity contribution in [2.75, 3.05) is 13.2 Å². The van der Waals surface area contributed by atoms with Crippen molar-refractivity contribution in [2.45, 2.75) is 84.5 Å². The van der Waals surface area contributed by atoms with Gasteiger partial charge in [-0.1, -0.05) is 58.3 Å². The van der Waals surface area contributed by atoms with Gasteiger partial charge >= 0.3 is 5.97 Å². The molecule has 0 bridgehead atoms. The van der Waals surface area contributed by atoms with E-state index in [2.05, 4.69) is 12.2 Å². The SMILES string of the molecule is CCCCCCCCCCCC(=O)NCCC(=O)OCC. The van der Waals surface area contributed by atoms with Crippen LogP contribution in [-0.2, 0) is 14.3 Å². The summed E-state index contributed by atoms with van der Waals surface area (Å²) in [7, 11) is 0. The molecule has 0 atom stereocenters. The number of carbonyl (C=O) groups excluding carboxylic acids is 2. The number of carbonyl (C=O) groups is 2. The van der Waals surface area contributed by atoms with Crippen molar-refractivity contribution in [3.05, 3.63) is 0 Å². The van der Waals surface area contributed by atoms with Crippen molar-refractivity contribution < 1.29 is 14.3 Å². The standard InChI is InChI=1S/C17H33NO3/c1-3-5-6-7-8-9-10-11-12-13-16(19)18-15-14-17(20)21-4-2/h3-15H2,1-2H3,(H,18,19). The number of hydrogen-bond donors (Lipinski definition) is 1. The Morgan fingerprint density at radius 1 is 0.810 bits per heavy atom. The molecule has 0 unspecified atom stereocenters. The highest BCUT2D eigenvalue weighted by Crippen LogP contribution is 2.10. The first-order valence-corrected chi connectivity index (χ1v) is 8.63. The Hall–Kier alpha value is -1.06. The Bertz CT molecular complexity index is 267. The van der Waals surface area contributed by atoms with Crippen LogP contribution in [0.3, 0.4) is 0 Å². The molecule has 1 amide bonds. The van der Waals surface area contributed by atoms with Gasteiger partial charge in [-0.3, -0.25) is 9.59 Å². The first-order chi connectivity index (χ1) is 10.2. The molecule has 0 spiro atoms. The normalized spacial score (nSPS) is 10.4. The molecular weight excluding hydrogens is 266 g/mol. The Labute approximate surface area is 130 Å². The molecule has 0 radical (unpaired) electrons. The van der Waals surface area contributed by atoms with E-state index in [0.29, 0.717) is 19.6 Å². The first kappa shape index (κ1) is 19.9. The summed E-state index contributed by atoms with van der Waals surface area (Å²) >= 11 is 0. The zero-order valence-electron chi connectivity index (χ0n) is 13.9. The average molecular weight is 299 g/mol. The fourth-order valence-electron chi connectivity index (χ4n) is 2.22. The second kappa shape index (κ2) is 15.3. The molecule has 4 nitrogen and oxygen atoms in total. The van der Waals surface area contributed by atoms with Crippen LogP contribution in [0.1, 0.15) is 84.5 Å². The maximum atomic E-state index is 11.5. The Morgan fingerprint density at radius 3 is 1.95 bits per heavy atom. The van der Waals surface area contributed by atoms with Crippen molar-refractivity contribution in [3.8, 4) is 0 Å². The summed E-state index contributed by atoms with van der Waals surface area (Å²) < 4.78 is 4.79. The van der Waals surface area contributed by atoms with Crippen LogP contribution in [0, 0.1) is 0 Å². The molecular formula is C17H33NO3. The molecule has 0 saturated carbocycles. The second-order valence-corrected chi connectivity index (χ2v) is 5.48. The van der Waals surface area contributed by atoms with Crippen LogP contribution in [0.25, 0.3) is 0 Å². The van der Waals surface area contributed by atoms with Crippen molar-refractivity contribution in [3.63, 3.8) is 0 Å². The minimum absolute atomic E-state index is 0.0437. The lowest BCUT2D eigenvalue weighted by atomic mass is 10.1. The van der Waals surface area contributed by atoms with Gasteiger partial charge in [-0.05, 0) is 13.3 Å². The molecule has 0 rings (SSSR count). The number of ether oxygens (including phenoxy) is 1. The van der Waals surface area contributed by atoms with Gasteiger partial charge in [0.1, 0.15) is 0 Å². The highest BCUT2D eigenvalue weighted by atomic mass is 16.5. The van der Waals surface area contributed by atoms with Crippen LogP contribution in [0.4, 0.5) is 0 Å². The lowest BCUT2D eigenvalue weighted by Crippen LogP contribution is -2.26. The minimum atomic E-state index is -0.249. The molecule has 0 aromatic carbocycles. The van der Waals surface area contributed by atoms with E-state index < -0.39 is 0 Å². The van der Waals surface area contributed by atoms with Gasteiger partial charge in [0.15, 0.2) is 0 Å². The number of unbranched alkanes of at least 4 members (excludes halogenated alkanes) is 8. The van der Waals surface area contributed by atoms with Gasteiger partial charge in [0.2, 0.25) is 5.91 Å². The van der Waals surface area contributed by atoms with Crippen LogP contribution in [0.2, 0.25) is 0 Å². The number of amides is 1. The van der Waals surface area contributed by atoms with Gasteiger partial charge in [0.25, 0.3) is 0 Å². The zero-order chi connectivity index (χ0) is 15.8. The summed E-state index contributed by atoms with van der Waals surface area (Å²) in [5, 5.41) is 2.76. The number of esters is 1. The van der Waals surface area contributed by atoms with E-state index in [0.717, 1.165) is 12.8 Å². The highest BCUT2D eigenvalue weighted by molar-refractivity contribution is 5.76. The van der Waals surface area contributed by atoms with Crippen molar-refractivity contribution in [1.29, 1.82) is 0 Å². The fourth-order valence-corrected chi connectivity index (χ4v) is 2.22. The predicted molar refractivity (Wildman–Crippen MR) is 86.1 cm³/mol.